The van der Waals surface area contributed by atoms with Gasteiger partial charge in [-0.15, -0.1) is 11.3 Å². The van der Waals surface area contributed by atoms with E-state index >= 15 is 0 Å². The lowest BCUT2D eigenvalue weighted by Crippen LogP contribution is -2.16. The molecule has 0 radical (unpaired) electrons. The lowest BCUT2D eigenvalue weighted by atomic mass is 10.2. The summed E-state index contributed by atoms with van der Waals surface area (Å²) in [5.41, 5.74) is 1.38. The summed E-state index contributed by atoms with van der Waals surface area (Å²) in [6.07, 6.45) is 4.60. The maximum atomic E-state index is 4.21. The van der Waals surface area contributed by atoms with Crippen LogP contribution < -0.4 is 5.32 Å². The molecule has 3 rings (SSSR count). The van der Waals surface area contributed by atoms with Crippen LogP contribution in [0, 0.1) is 0 Å². The van der Waals surface area contributed by atoms with Gasteiger partial charge in [0.2, 0.25) is 0 Å². The van der Waals surface area contributed by atoms with Gasteiger partial charge in [-0.3, -0.25) is 0 Å². The van der Waals surface area contributed by atoms with Crippen molar-refractivity contribution in [1.29, 1.82) is 0 Å². The summed E-state index contributed by atoms with van der Waals surface area (Å²) in [5, 5.41) is 7.07. The first-order chi connectivity index (χ1) is 8.93. The Bertz CT molecular complexity index is 613. The molecule has 4 heteroatoms. The van der Waals surface area contributed by atoms with Gasteiger partial charge in [0.05, 0.1) is 0 Å². The van der Waals surface area contributed by atoms with Crippen molar-refractivity contribution in [2.75, 3.05) is 6.54 Å². The number of hydrogen-bond donors (Lipinski definition) is 2. The SMILES string of the molecule is c1ccc2c(CNCCc3ncc[nH]3)csc2c1. The average Bonchev–Trinajstić information content (AvgIpc) is 3.04. The quantitative estimate of drug-likeness (QED) is 0.690. The normalized spacial score (nSPS) is 11.1. The molecule has 0 unspecified atom stereocenters. The smallest absolute Gasteiger partial charge is 0.107 e. The number of rotatable bonds is 5. The van der Waals surface area contributed by atoms with Gasteiger partial charge in [-0.1, -0.05) is 18.2 Å². The van der Waals surface area contributed by atoms with Crippen LogP contribution in [0.3, 0.4) is 0 Å². The predicted molar refractivity (Wildman–Crippen MR) is 75.8 cm³/mol. The lowest BCUT2D eigenvalue weighted by molar-refractivity contribution is 0.677. The minimum atomic E-state index is 0.921. The fourth-order valence-electron chi connectivity index (χ4n) is 2.03. The van der Waals surface area contributed by atoms with Crippen molar-refractivity contribution in [3.05, 3.63) is 53.4 Å². The Kier molecular flexibility index (Phi) is 3.39. The number of nitrogens with zero attached hydrogens (tertiary/aromatic N) is 1. The van der Waals surface area contributed by atoms with Crippen molar-refractivity contribution in [2.24, 2.45) is 0 Å². The molecule has 0 bridgehead atoms. The molecule has 1 aromatic carbocycles. The molecule has 0 aliphatic carbocycles. The zero-order valence-corrected chi connectivity index (χ0v) is 10.8. The van der Waals surface area contributed by atoms with Crippen molar-refractivity contribution >= 4 is 21.4 Å². The van der Waals surface area contributed by atoms with Gasteiger partial charge in [-0.25, -0.2) is 4.98 Å². The maximum Gasteiger partial charge on any atom is 0.107 e. The molecule has 0 aliphatic heterocycles. The van der Waals surface area contributed by atoms with Crippen LogP contribution in [0.4, 0.5) is 0 Å². The van der Waals surface area contributed by atoms with Gasteiger partial charge in [0, 0.05) is 36.6 Å². The zero-order valence-electron chi connectivity index (χ0n) is 10.0. The van der Waals surface area contributed by atoms with E-state index in [0.717, 1.165) is 25.3 Å². The molecule has 0 amide bonds. The summed E-state index contributed by atoms with van der Waals surface area (Å²) in [7, 11) is 0. The van der Waals surface area contributed by atoms with E-state index in [1.807, 2.05) is 17.5 Å². The van der Waals surface area contributed by atoms with Crippen LogP contribution in [0.25, 0.3) is 10.1 Å². The minimum Gasteiger partial charge on any atom is -0.349 e. The molecule has 18 heavy (non-hydrogen) atoms. The number of H-pyrrole nitrogens is 1. The number of thiophene rings is 1. The first-order valence-corrected chi connectivity index (χ1v) is 6.95. The Morgan fingerprint density at radius 3 is 3.11 bits per heavy atom. The van der Waals surface area contributed by atoms with Crippen LogP contribution in [-0.4, -0.2) is 16.5 Å². The Hall–Kier alpha value is -1.65. The van der Waals surface area contributed by atoms with Crippen molar-refractivity contribution in [3.8, 4) is 0 Å². The molecule has 2 heterocycles. The summed E-state index contributed by atoms with van der Waals surface area (Å²) in [6, 6.07) is 8.55. The second kappa shape index (κ2) is 5.33. The van der Waals surface area contributed by atoms with E-state index in [1.54, 1.807) is 6.20 Å². The summed E-state index contributed by atoms with van der Waals surface area (Å²) >= 11 is 1.81. The highest BCUT2D eigenvalue weighted by molar-refractivity contribution is 7.17. The number of fused-ring (bicyclic) bond motifs is 1. The van der Waals surface area contributed by atoms with Gasteiger partial charge in [-0.2, -0.15) is 0 Å². The van der Waals surface area contributed by atoms with Crippen LogP contribution in [0.5, 0.6) is 0 Å². The fraction of sp³-hybridized carbons (Fsp3) is 0.214. The van der Waals surface area contributed by atoms with Crippen LogP contribution in [0.2, 0.25) is 0 Å². The molecule has 2 aromatic heterocycles. The highest BCUT2D eigenvalue weighted by Gasteiger charge is 2.02. The molecule has 0 aliphatic rings. The lowest BCUT2D eigenvalue weighted by Gasteiger charge is -2.02. The van der Waals surface area contributed by atoms with Gasteiger partial charge in [0.1, 0.15) is 5.82 Å². The molecule has 3 aromatic rings. The van der Waals surface area contributed by atoms with Gasteiger partial charge < -0.3 is 10.3 Å². The topological polar surface area (TPSA) is 40.7 Å². The monoisotopic (exact) mass is 257 g/mol. The number of benzene rings is 1. The minimum absolute atomic E-state index is 0.921. The number of aromatic amines is 1. The molecule has 0 spiro atoms. The van der Waals surface area contributed by atoms with E-state index in [4.69, 9.17) is 0 Å². The van der Waals surface area contributed by atoms with Crippen LogP contribution in [0.1, 0.15) is 11.4 Å². The largest absolute Gasteiger partial charge is 0.349 e. The molecule has 0 fully saturated rings. The van der Waals surface area contributed by atoms with E-state index in [9.17, 15) is 0 Å². The van der Waals surface area contributed by atoms with Crippen LogP contribution >= 0.6 is 11.3 Å². The van der Waals surface area contributed by atoms with Gasteiger partial charge >= 0.3 is 0 Å². The summed E-state index contributed by atoms with van der Waals surface area (Å²) < 4.78 is 1.36. The number of aromatic nitrogens is 2. The van der Waals surface area contributed by atoms with Crippen LogP contribution in [0.15, 0.2) is 42.0 Å². The molecule has 92 valence electrons. The molecule has 2 N–H and O–H groups in total. The van der Waals surface area contributed by atoms with Crippen LogP contribution in [-0.2, 0) is 13.0 Å². The summed E-state index contributed by atoms with van der Waals surface area (Å²) in [6.45, 7) is 1.86. The zero-order chi connectivity index (χ0) is 12.2. The van der Waals surface area contributed by atoms with E-state index in [2.05, 4.69) is 44.9 Å². The third-order valence-electron chi connectivity index (χ3n) is 2.97. The second-order valence-corrected chi connectivity index (χ2v) is 5.13. The average molecular weight is 257 g/mol. The number of hydrogen-bond acceptors (Lipinski definition) is 3. The Morgan fingerprint density at radius 2 is 2.22 bits per heavy atom. The number of nitrogens with one attached hydrogen (secondary N) is 2. The Labute approximate surface area is 110 Å². The number of imidazole rings is 1. The predicted octanol–water partition coefficient (Wildman–Crippen LogP) is 2.96. The van der Waals surface area contributed by atoms with Gasteiger partial charge in [0.25, 0.3) is 0 Å². The standard InChI is InChI=1S/C14H15N3S/c1-2-4-13-12(3-1)11(10-18-13)9-15-6-5-14-16-7-8-17-14/h1-4,7-8,10,15H,5-6,9H2,(H,16,17). The van der Waals surface area contributed by atoms with E-state index in [-0.39, 0.29) is 0 Å². The van der Waals surface area contributed by atoms with Gasteiger partial charge in [-0.05, 0) is 22.4 Å². The van der Waals surface area contributed by atoms with Crippen molar-refractivity contribution in [3.63, 3.8) is 0 Å². The summed E-state index contributed by atoms with van der Waals surface area (Å²) in [5.74, 6) is 1.04. The highest BCUT2D eigenvalue weighted by Crippen LogP contribution is 2.25. The third kappa shape index (κ3) is 2.44. The third-order valence-corrected chi connectivity index (χ3v) is 3.98. The highest BCUT2D eigenvalue weighted by atomic mass is 32.1. The first kappa shape index (κ1) is 11.4. The summed E-state index contributed by atoms with van der Waals surface area (Å²) in [4.78, 5) is 7.32. The van der Waals surface area contributed by atoms with Crippen molar-refractivity contribution in [2.45, 2.75) is 13.0 Å². The Balaban J connectivity index is 1.57. The van der Waals surface area contributed by atoms with E-state index in [0.29, 0.717) is 0 Å². The molecular formula is C14H15N3S. The molecule has 0 saturated carbocycles. The van der Waals surface area contributed by atoms with Gasteiger partial charge in [0.15, 0.2) is 0 Å². The van der Waals surface area contributed by atoms with Crippen molar-refractivity contribution in [1.82, 2.24) is 15.3 Å². The Morgan fingerprint density at radius 1 is 1.28 bits per heavy atom. The first-order valence-electron chi connectivity index (χ1n) is 6.07. The molecule has 3 nitrogen and oxygen atoms in total. The molecule has 0 saturated heterocycles. The molecular weight excluding hydrogens is 242 g/mol. The fourth-order valence-corrected chi connectivity index (χ4v) is 3.00. The maximum absolute atomic E-state index is 4.21. The van der Waals surface area contributed by atoms with Crippen molar-refractivity contribution < 1.29 is 0 Å². The second-order valence-electron chi connectivity index (χ2n) is 4.22. The molecule has 0 atom stereocenters. The van der Waals surface area contributed by atoms with E-state index in [1.165, 1.54) is 15.6 Å². The van der Waals surface area contributed by atoms with E-state index < -0.39 is 0 Å².